The monoisotopic (exact) mass is 313 g/mol. The zero-order valence-electron chi connectivity index (χ0n) is 14.4. The van der Waals surface area contributed by atoms with E-state index >= 15 is 0 Å². The molecule has 0 bridgehead atoms. The summed E-state index contributed by atoms with van der Waals surface area (Å²) in [6.07, 6.45) is 5.75. The number of aromatic nitrogens is 4. The summed E-state index contributed by atoms with van der Waals surface area (Å²) in [5, 5.41) is 16.5. The van der Waals surface area contributed by atoms with Crippen molar-refractivity contribution < 1.29 is 0 Å². The lowest BCUT2D eigenvalue weighted by Crippen LogP contribution is -2.47. The second-order valence-electron chi connectivity index (χ2n) is 6.89. The molecule has 0 saturated heterocycles. The maximum atomic E-state index is 4.45. The van der Waals surface area contributed by atoms with E-state index in [1.54, 1.807) is 0 Å². The van der Waals surface area contributed by atoms with Crippen LogP contribution >= 0.6 is 0 Å². The summed E-state index contributed by atoms with van der Waals surface area (Å²) in [5.74, 6) is 1.75. The van der Waals surface area contributed by atoms with Crippen LogP contribution in [0.15, 0.2) is 24.3 Å². The first-order chi connectivity index (χ1) is 11.2. The molecular weight excluding hydrogens is 286 g/mol. The topological polar surface area (TPSA) is 55.6 Å². The molecule has 0 aliphatic heterocycles. The Balaban J connectivity index is 2.01. The number of benzene rings is 1. The molecule has 1 aliphatic rings. The average Bonchev–Trinajstić information content (AvgIpc) is 3.05. The minimum atomic E-state index is -0.103. The van der Waals surface area contributed by atoms with Gasteiger partial charge in [0.2, 0.25) is 0 Å². The van der Waals surface area contributed by atoms with E-state index in [-0.39, 0.29) is 5.54 Å². The highest BCUT2D eigenvalue weighted by Gasteiger charge is 2.40. The number of tetrazole rings is 1. The normalized spacial score (nSPS) is 24.7. The number of aryl methyl sites for hydroxylation is 1. The van der Waals surface area contributed by atoms with Crippen LogP contribution in [0.2, 0.25) is 0 Å². The molecule has 1 saturated carbocycles. The van der Waals surface area contributed by atoms with Gasteiger partial charge in [0, 0.05) is 0 Å². The number of nitrogens with one attached hydrogen (secondary N) is 1. The second kappa shape index (κ2) is 6.79. The summed E-state index contributed by atoms with van der Waals surface area (Å²) in [6.45, 7) is 7.65. The van der Waals surface area contributed by atoms with Crippen LogP contribution in [0.4, 0.5) is 0 Å². The molecule has 0 unspecified atom stereocenters. The standard InChI is InChI=1S/C18H27N5/c1-4-13-19-18(11-9-14(2)10-12-18)17-20-21-22-23(17)16-8-6-5-7-15(16)3/h5-8,14,19H,4,9-13H2,1-3H3. The molecule has 2 aromatic rings. The molecule has 0 amide bonds. The molecule has 124 valence electrons. The van der Waals surface area contributed by atoms with E-state index in [1.165, 1.54) is 18.4 Å². The zero-order chi connectivity index (χ0) is 16.3. The molecule has 1 N–H and O–H groups in total. The summed E-state index contributed by atoms with van der Waals surface area (Å²) >= 11 is 0. The van der Waals surface area contributed by atoms with Crippen LogP contribution in [-0.2, 0) is 5.54 Å². The molecule has 5 heteroatoms. The minimum absolute atomic E-state index is 0.103. The molecule has 1 fully saturated rings. The number of rotatable bonds is 5. The van der Waals surface area contributed by atoms with Gasteiger partial charge >= 0.3 is 0 Å². The fourth-order valence-corrected chi connectivity index (χ4v) is 3.55. The van der Waals surface area contributed by atoms with Crippen molar-refractivity contribution >= 4 is 0 Å². The summed E-state index contributed by atoms with van der Waals surface area (Å²) < 4.78 is 1.94. The smallest absolute Gasteiger partial charge is 0.176 e. The van der Waals surface area contributed by atoms with Crippen molar-refractivity contribution in [2.75, 3.05) is 6.54 Å². The fourth-order valence-electron chi connectivity index (χ4n) is 3.55. The third-order valence-corrected chi connectivity index (χ3v) is 5.08. The molecule has 1 aliphatic carbocycles. The fraction of sp³-hybridized carbons (Fsp3) is 0.611. The van der Waals surface area contributed by atoms with Crippen molar-refractivity contribution in [2.45, 2.75) is 58.4 Å². The molecule has 3 rings (SSSR count). The molecule has 0 radical (unpaired) electrons. The maximum absolute atomic E-state index is 4.45. The first-order valence-electron chi connectivity index (χ1n) is 8.76. The number of hydrogen-bond donors (Lipinski definition) is 1. The Hall–Kier alpha value is -1.75. The van der Waals surface area contributed by atoms with Crippen LogP contribution in [-0.4, -0.2) is 26.8 Å². The van der Waals surface area contributed by atoms with Crippen molar-refractivity contribution in [1.82, 2.24) is 25.5 Å². The summed E-state index contributed by atoms with van der Waals surface area (Å²) in [7, 11) is 0. The van der Waals surface area contributed by atoms with Gasteiger partial charge in [0.15, 0.2) is 5.82 Å². The zero-order valence-corrected chi connectivity index (χ0v) is 14.4. The second-order valence-corrected chi connectivity index (χ2v) is 6.89. The van der Waals surface area contributed by atoms with Crippen LogP contribution < -0.4 is 5.32 Å². The Kier molecular flexibility index (Phi) is 4.76. The van der Waals surface area contributed by atoms with Crippen molar-refractivity contribution in [3.8, 4) is 5.69 Å². The molecule has 0 spiro atoms. The van der Waals surface area contributed by atoms with Gasteiger partial charge in [-0.15, -0.1) is 5.10 Å². The van der Waals surface area contributed by atoms with Crippen molar-refractivity contribution in [2.24, 2.45) is 5.92 Å². The van der Waals surface area contributed by atoms with E-state index in [1.807, 2.05) is 10.7 Å². The summed E-state index contributed by atoms with van der Waals surface area (Å²) in [5.41, 5.74) is 2.16. The molecule has 1 aromatic heterocycles. The van der Waals surface area contributed by atoms with Crippen LogP contribution in [0.5, 0.6) is 0 Å². The molecule has 0 atom stereocenters. The third kappa shape index (κ3) is 3.15. The molecule has 1 aromatic carbocycles. The van der Waals surface area contributed by atoms with Crippen LogP contribution in [0.1, 0.15) is 57.3 Å². The SMILES string of the molecule is CCCNC1(c2nnnn2-c2ccccc2C)CCC(C)CC1. The highest BCUT2D eigenvalue weighted by molar-refractivity contribution is 5.40. The number of para-hydroxylation sites is 1. The molecule has 23 heavy (non-hydrogen) atoms. The Morgan fingerprint density at radius 2 is 2.00 bits per heavy atom. The van der Waals surface area contributed by atoms with E-state index < -0.39 is 0 Å². The summed E-state index contributed by atoms with van der Waals surface area (Å²) in [4.78, 5) is 0. The first-order valence-corrected chi connectivity index (χ1v) is 8.76. The van der Waals surface area contributed by atoms with E-state index in [4.69, 9.17) is 0 Å². The third-order valence-electron chi connectivity index (χ3n) is 5.08. The van der Waals surface area contributed by atoms with Gasteiger partial charge in [-0.05, 0) is 73.5 Å². The maximum Gasteiger partial charge on any atom is 0.176 e. The largest absolute Gasteiger partial charge is 0.305 e. The van der Waals surface area contributed by atoms with Gasteiger partial charge in [0.25, 0.3) is 0 Å². The average molecular weight is 313 g/mol. The molecule has 1 heterocycles. The predicted octanol–water partition coefficient (Wildman–Crippen LogP) is 3.38. The predicted molar refractivity (Wildman–Crippen MR) is 91.5 cm³/mol. The van der Waals surface area contributed by atoms with Crippen molar-refractivity contribution in [3.63, 3.8) is 0 Å². The molecule has 5 nitrogen and oxygen atoms in total. The number of hydrogen-bond acceptors (Lipinski definition) is 4. The van der Waals surface area contributed by atoms with Crippen LogP contribution in [0.3, 0.4) is 0 Å². The Bertz CT molecular complexity index is 635. The highest BCUT2D eigenvalue weighted by atomic mass is 15.6. The van der Waals surface area contributed by atoms with Gasteiger partial charge in [0.05, 0.1) is 11.2 Å². The number of nitrogens with zero attached hydrogens (tertiary/aromatic N) is 4. The lowest BCUT2D eigenvalue weighted by Gasteiger charge is -2.39. The van der Waals surface area contributed by atoms with Gasteiger partial charge in [-0.3, -0.25) is 0 Å². The van der Waals surface area contributed by atoms with Crippen molar-refractivity contribution in [1.29, 1.82) is 0 Å². The van der Waals surface area contributed by atoms with E-state index in [0.717, 1.165) is 43.2 Å². The minimum Gasteiger partial charge on any atom is -0.305 e. The Labute approximate surface area is 138 Å². The van der Waals surface area contributed by atoms with E-state index in [0.29, 0.717) is 0 Å². The molecular formula is C18H27N5. The lowest BCUT2D eigenvalue weighted by atomic mass is 9.76. The van der Waals surface area contributed by atoms with E-state index in [9.17, 15) is 0 Å². The van der Waals surface area contributed by atoms with Gasteiger partial charge in [-0.2, -0.15) is 4.68 Å². The lowest BCUT2D eigenvalue weighted by molar-refractivity contribution is 0.183. The first kappa shape index (κ1) is 16.1. The van der Waals surface area contributed by atoms with Gasteiger partial charge in [0.1, 0.15) is 0 Å². The Morgan fingerprint density at radius 1 is 1.26 bits per heavy atom. The quantitative estimate of drug-likeness (QED) is 0.919. The van der Waals surface area contributed by atoms with Crippen LogP contribution in [0.25, 0.3) is 5.69 Å². The van der Waals surface area contributed by atoms with Gasteiger partial charge in [-0.1, -0.05) is 32.0 Å². The van der Waals surface area contributed by atoms with Crippen LogP contribution in [0, 0.1) is 12.8 Å². The van der Waals surface area contributed by atoms with Crippen molar-refractivity contribution in [3.05, 3.63) is 35.7 Å². The van der Waals surface area contributed by atoms with Gasteiger partial charge < -0.3 is 5.32 Å². The van der Waals surface area contributed by atoms with E-state index in [2.05, 4.69) is 59.8 Å². The highest BCUT2D eigenvalue weighted by Crippen LogP contribution is 2.39. The Morgan fingerprint density at radius 3 is 2.70 bits per heavy atom. The summed E-state index contributed by atoms with van der Waals surface area (Å²) in [6, 6.07) is 8.29. The van der Waals surface area contributed by atoms with Gasteiger partial charge in [-0.25, -0.2) is 0 Å².